The molecule has 0 saturated carbocycles. The van der Waals surface area contributed by atoms with Crippen LogP contribution in [0, 0.1) is 10.8 Å². The maximum absolute atomic E-state index is 13.5. The summed E-state index contributed by atoms with van der Waals surface area (Å²) in [5, 5.41) is 23.3. The minimum atomic E-state index is -2.32. The van der Waals surface area contributed by atoms with Crippen LogP contribution in [0.3, 0.4) is 0 Å². The third-order valence-electron chi connectivity index (χ3n) is 8.26. The fraction of sp³-hybridized carbons (Fsp3) is 0.211. The maximum atomic E-state index is 13.5. The van der Waals surface area contributed by atoms with E-state index in [0.717, 1.165) is 46.9 Å². The number of hydrogen-bond acceptors (Lipinski definition) is 8. The van der Waals surface area contributed by atoms with Crippen molar-refractivity contribution in [3.05, 3.63) is 115 Å². The normalized spacial score (nSPS) is 14.2. The van der Waals surface area contributed by atoms with Gasteiger partial charge in [0.05, 0.1) is 5.69 Å². The number of allylic oxidation sites excluding steroid dienone is 1. The molecule has 1 fully saturated rings. The van der Waals surface area contributed by atoms with Gasteiger partial charge in [0.1, 0.15) is 18.7 Å². The van der Waals surface area contributed by atoms with E-state index in [1.807, 2.05) is 99.6 Å². The summed E-state index contributed by atoms with van der Waals surface area (Å²) in [6.07, 6.45) is 6.75. The third-order valence-corrected chi connectivity index (χ3v) is 11.6. The lowest BCUT2D eigenvalue weighted by molar-refractivity contribution is 0.254. The Morgan fingerprint density at radius 2 is 1.53 bits per heavy atom. The Hall–Kier alpha value is -5.47. The molecule has 5 N–H and O–H groups in total. The number of aromatic nitrogens is 2. The number of carbonyl (C=O) groups is 1. The SMILES string of the molecule is CC(C)(C)C(=N)/C=C(/NC(=O)Nc1ccc(Oc2ccnc(Nc3ccccc3)n2)c2ccccc12)Nc1ccc(P2(=O)CCCC2)cc1. The maximum Gasteiger partial charge on any atom is 0.324 e. The zero-order valence-corrected chi connectivity index (χ0v) is 28.7. The second-order valence-electron chi connectivity index (χ2n) is 13.0. The second kappa shape index (κ2) is 14.3. The van der Waals surface area contributed by atoms with Crippen molar-refractivity contribution >= 4 is 58.0 Å². The first-order chi connectivity index (χ1) is 23.6. The number of amides is 2. The fourth-order valence-electron chi connectivity index (χ4n) is 5.51. The summed E-state index contributed by atoms with van der Waals surface area (Å²) >= 11 is 0. The number of anilines is 4. The quantitative estimate of drug-likeness (QED) is 0.0736. The van der Waals surface area contributed by atoms with Crippen molar-refractivity contribution in [3.63, 3.8) is 0 Å². The first-order valence-corrected chi connectivity index (χ1v) is 18.3. The molecule has 250 valence electrons. The van der Waals surface area contributed by atoms with Gasteiger partial charge in [0, 0.05) is 69.2 Å². The molecule has 6 rings (SSSR count). The lowest BCUT2D eigenvalue weighted by Gasteiger charge is -2.20. The van der Waals surface area contributed by atoms with Gasteiger partial charge in [-0.15, -0.1) is 0 Å². The van der Waals surface area contributed by atoms with Gasteiger partial charge in [-0.3, -0.25) is 5.32 Å². The molecule has 1 aromatic heterocycles. The van der Waals surface area contributed by atoms with E-state index >= 15 is 0 Å². The summed E-state index contributed by atoms with van der Waals surface area (Å²) in [5.74, 6) is 1.67. The Balaban J connectivity index is 1.19. The van der Waals surface area contributed by atoms with E-state index in [9.17, 15) is 9.36 Å². The van der Waals surface area contributed by atoms with Gasteiger partial charge in [-0.2, -0.15) is 4.98 Å². The Kier molecular flexibility index (Phi) is 9.78. The van der Waals surface area contributed by atoms with Crippen LogP contribution in [0.25, 0.3) is 10.8 Å². The van der Waals surface area contributed by atoms with E-state index in [4.69, 9.17) is 10.1 Å². The van der Waals surface area contributed by atoms with Crippen LogP contribution in [0.5, 0.6) is 11.6 Å². The molecular weight excluding hydrogens is 633 g/mol. The molecule has 1 aliphatic rings. The van der Waals surface area contributed by atoms with Crippen molar-refractivity contribution in [1.29, 1.82) is 5.41 Å². The van der Waals surface area contributed by atoms with Crippen LogP contribution in [-0.4, -0.2) is 34.0 Å². The van der Waals surface area contributed by atoms with Crippen LogP contribution in [0.2, 0.25) is 0 Å². The highest BCUT2D eigenvalue weighted by molar-refractivity contribution is 7.71. The predicted molar refractivity (Wildman–Crippen MR) is 199 cm³/mol. The van der Waals surface area contributed by atoms with Crippen molar-refractivity contribution < 1.29 is 14.1 Å². The molecule has 11 heteroatoms. The number of nitrogens with one attached hydrogen (secondary N) is 5. The molecule has 0 bridgehead atoms. The van der Waals surface area contributed by atoms with E-state index in [0.29, 0.717) is 40.5 Å². The third kappa shape index (κ3) is 8.34. The standard InChI is InChI=1S/C38H40N7O3P/c1-38(2,3)33(39)25-34(41-27-15-17-28(18-16-27)49(47)23-9-10-24-49)44-37(46)43-31-19-20-32(30-14-8-7-13-29(30)31)48-35-21-22-40-36(45-35)42-26-11-5-4-6-12-26/h4-8,11-22,25,39,41H,9-10,23-24H2,1-3H3,(H,40,42,45)(H2,43,44,46)/b34-25+,39-33?. The van der Waals surface area contributed by atoms with Crippen LogP contribution in [-0.2, 0) is 4.57 Å². The predicted octanol–water partition coefficient (Wildman–Crippen LogP) is 9.09. The lowest BCUT2D eigenvalue weighted by atomic mass is 9.90. The van der Waals surface area contributed by atoms with Gasteiger partial charge in [0.2, 0.25) is 11.8 Å². The van der Waals surface area contributed by atoms with Gasteiger partial charge in [-0.25, -0.2) is 9.78 Å². The zero-order valence-electron chi connectivity index (χ0n) is 27.8. The summed E-state index contributed by atoms with van der Waals surface area (Å²) in [4.78, 5) is 22.3. The molecule has 0 atom stereocenters. The van der Waals surface area contributed by atoms with Gasteiger partial charge in [-0.05, 0) is 61.4 Å². The number of rotatable bonds is 10. The van der Waals surface area contributed by atoms with Gasteiger partial charge >= 0.3 is 6.03 Å². The molecule has 2 heterocycles. The highest BCUT2D eigenvalue weighted by Gasteiger charge is 2.28. The average Bonchev–Trinajstić information content (AvgIpc) is 3.54. The largest absolute Gasteiger partial charge is 0.438 e. The number of benzene rings is 4. The molecular formula is C38H40N7O3P. The smallest absolute Gasteiger partial charge is 0.324 e. The highest BCUT2D eigenvalue weighted by Crippen LogP contribution is 2.50. The van der Waals surface area contributed by atoms with Crippen molar-refractivity contribution in [2.75, 3.05) is 28.3 Å². The zero-order chi connectivity index (χ0) is 34.4. The summed E-state index contributed by atoms with van der Waals surface area (Å²) < 4.78 is 19.5. The Morgan fingerprint density at radius 1 is 0.837 bits per heavy atom. The Bertz CT molecular complexity index is 2050. The van der Waals surface area contributed by atoms with Crippen molar-refractivity contribution in [2.24, 2.45) is 5.41 Å². The van der Waals surface area contributed by atoms with E-state index in [-0.39, 0.29) is 0 Å². The van der Waals surface area contributed by atoms with Crippen molar-refractivity contribution in [1.82, 2.24) is 15.3 Å². The van der Waals surface area contributed by atoms with Gasteiger partial charge in [0.25, 0.3) is 0 Å². The lowest BCUT2D eigenvalue weighted by Crippen LogP contribution is -2.32. The molecule has 0 aliphatic carbocycles. The number of fused-ring (bicyclic) bond motifs is 1. The second-order valence-corrected chi connectivity index (χ2v) is 16.2. The average molecular weight is 674 g/mol. The van der Waals surface area contributed by atoms with Crippen molar-refractivity contribution in [2.45, 2.75) is 33.6 Å². The molecule has 0 spiro atoms. The number of urea groups is 1. The van der Waals surface area contributed by atoms with Crippen molar-refractivity contribution in [3.8, 4) is 11.6 Å². The van der Waals surface area contributed by atoms with Gasteiger partial charge in [0.15, 0.2) is 0 Å². The number of carbonyl (C=O) groups excluding carboxylic acids is 1. The van der Waals surface area contributed by atoms with Gasteiger partial charge < -0.3 is 30.7 Å². The number of para-hydroxylation sites is 1. The summed E-state index contributed by atoms with van der Waals surface area (Å²) in [6.45, 7) is 5.82. The van der Waals surface area contributed by atoms with Crippen LogP contribution >= 0.6 is 7.14 Å². The van der Waals surface area contributed by atoms with Crippen LogP contribution < -0.4 is 31.3 Å². The van der Waals surface area contributed by atoms with E-state index in [1.54, 1.807) is 30.5 Å². The molecule has 4 aromatic carbocycles. The number of hydrogen-bond donors (Lipinski definition) is 5. The molecule has 1 saturated heterocycles. The van der Waals surface area contributed by atoms with E-state index in [1.165, 1.54) is 0 Å². The number of nitrogens with zero attached hydrogens (tertiary/aromatic N) is 2. The molecule has 5 aromatic rings. The first kappa shape index (κ1) is 33.4. The molecule has 49 heavy (non-hydrogen) atoms. The highest BCUT2D eigenvalue weighted by atomic mass is 31.2. The molecule has 0 unspecified atom stereocenters. The van der Waals surface area contributed by atoms with Crippen LogP contribution in [0.1, 0.15) is 33.6 Å². The molecule has 1 aliphatic heterocycles. The van der Waals surface area contributed by atoms with Gasteiger partial charge in [-0.1, -0.05) is 63.2 Å². The Morgan fingerprint density at radius 3 is 2.24 bits per heavy atom. The summed E-state index contributed by atoms with van der Waals surface area (Å²) in [6, 6.07) is 29.5. The molecule has 2 amide bonds. The minimum absolute atomic E-state index is 0.334. The first-order valence-electron chi connectivity index (χ1n) is 16.2. The fourth-order valence-corrected chi connectivity index (χ4v) is 8.41. The van der Waals surface area contributed by atoms with Crippen LogP contribution in [0.15, 0.2) is 115 Å². The molecule has 0 radical (unpaired) electrons. The van der Waals surface area contributed by atoms with E-state index < -0.39 is 18.6 Å². The monoisotopic (exact) mass is 673 g/mol. The molecule has 10 nitrogen and oxygen atoms in total. The summed E-state index contributed by atoms with van der Waals surface area (Å²) in [7, 11) is -2.32. The van der Waals surface area contributed by atoms with E-state index in [2.05, 4.69) is 31.2 Å². The summed E-state index contributed by atoms with van der Waals surface area (Å²) in [5.41, 5.74) is 2.04. The minimum Gasteiger partial charge on any atom is -0.438 e. The number of ether oxygens (including phenoxy) is 1. The topological polar surface area (TPSA) is 141 Å². The Labute approximate surface area is 286 Å². The van der Waals surface area contributed by atoms with Crippen LogP contribution in [0.4, 0.5) is 27.8 Å².